The number of nitrogens with two attached hydrogens (primary N) is 2. The molecule has 63 heavy (non-hydrogen) atoms. The van der Waals surface area contributed by atoms with Crippen molar-refractivity contribution in [2.75, 3.05) is 13.1 Å². The molecule has 0 spiro atoms. The lowest BCUT2D eigenvalue weighted by Crippen LogP contribution is -2.64. The summed E-state index contributed by atoms with van der Waals surface area (Å²) in [6, 6.07) is -9.61. The van der Waals surface area contributed by atoms with E-state index in [0.717, 1.165) is 25.1 Å². The van der Waals surface area contributed by atoms with E-state index in [2.05, 4.69) is 20.1 Å². The molecule has 18 N–H and O–H groups in total. The van der Waals surface area contributed by atoms with Gasteiger partial charge in [-0.1, -0.05) is 13.0 Å². The number of rotatable bonds is 9. The molecule has 7 amide bonds. The summed E-state index contributed by atoms with van der Waals surface area (Å²) in [5.41, 5.74) is 10.8. The van der Waals surface area contributed by atoms with E-state index in [4.69, 9.17) is 11.5 Å². The van der Waals surface area contributed by atoms with Gasteiger partial charge >= 0.3 is 11.4 Å². The molecule has 0 radical (unpaired) electrons. The molecule has 0 saturated carbocycles. The summed E-state index contributed by atoms with van der Waals surface area (Å²) in [4.78, 5) is 96.7. The first-order chi connectivity index (χ1) is 29.3. The highest BCUT2D eigenvalue weighted by atomic mass is 32.2. The normalized spacial score (nSPS) is 33.0. The molecule has 0 aliphatic carbocycles. The second kappa shape index (κ2) is 21.0. The van der Waals surface area contributed by atoms with Gasteiger partial charge in [-0.25, -0.2) is 0 Å². The van der Waals surface area contributed by atoms with Crippen LogP contribution in [0.2, 0.25) is 0 Å². The maximum absolute atomic E-state index is 14.3. The van der Waals surface area contributed by atoms with Crippen molar-refractivity contribution in [3.05, 3.63) is 23.8 Å². The Hall–Kier alpha value is -5.14. The van der Waals surface area contributed by atoms with Crippen LogP contribution in [0.3, 0.4) is 0 Å². The lowest BCUT2D eigenvalue weighted by molar-refractivity contribution is -0.149. The van der Waals surface area contributed by atoms with Crippen molar-refractivity contribution in [3.63, 3.8) is 0 Å². The zero-order valence-electron chi connectivity index (χ0n) is 33.5. The van der Waals surface area contributed by atoms with Gasteiger partial charge in [-0.2, -0.15) is 4.21 Å². The predicted octanol–water partition coefficient (Wildman–Crippen LogP) is -8.93. The first-order valence-corrected chi connectivity index (χ1v) is 20.3. The van der Waals surface area contributed by atoms with Crippen molar-refractivity contribution in [2.24, 2.45) is 17.4 Å². The molecule has 0 aromatic heterocycles. The molecule has 3 saturated heterocycles. The fraction of sp³-hybridized carbons (Fsp3) is 0.629. The minimum Gasteiger partial charge on any atom is -0.504 e. The minimum atomic E-state index is -3.02. The maximum Gasteiger partial charge on any atom is 0.357 e. The molecule has 3 heterocycles. The van der Waals surface area contributed by atoms with E-state index in [-0.39, 0.29) is 0 Å². The standard InChI is InChI=1S/C35H52N8O19S/c1-11-9-43-25(26(11)50)33(57)41-31(55)19(48)7-15(36)29(53)38-22(12(2)44)34(58)42-10-14(45)6-16(42)30(54)40-24(32(56)39-23(35(43)59)18(47)8-21(37)49)28(52)27(51)13-3-4-17(46)20(5-13)62-63(60)61/h3-5,11-12,14-16,18-19,22-28,31,44-48,50-52,55H,6-10,36H2,1-2H3,(H2,37,49)(H,38,53)(H,39,56)(H,40,54)(H,41,57)(H,60,61). The van der Waals surface area contributed by atoms with Crippen LogP contribution in [0.15, 0.2) is 18.2 Å². The molecule has 0 bridgehead atoms. The number of hydrogen-bond acceptors (Lipinski definition) is 19. The number of primary amides is 1. The Balaban J connectivity index is 1.87. The van der Waals surface area contributed by atoms with Crippen LogP contribution in [-0.4, -0.2) is 198 Å². The average Bonchev–Trinajstić information content (AvgIpc) is 3.74. The number of nitrogens with one attached hydrogen (secondary N) is 4. The van der Waals surface area contributed by atoms with E-state index in [0.29, 0.717) is 9.80 Å². The summed E-state index contributed by atoms with van der Waals surface area (Å²) >= 11 is -3.02. The SMILES string of the molecule is CC(O)C1NC(=O)C(N)CC(O)C(O)NC(=O)C2C(O)C(C)CN2C(=O)C(C(O)CC(N)=O)NC(=O)C(C(O)C(O)c2ccc(O)c(OS(=O)O)c2)NC(=O)C2CC(O)CN2C1=O. The highest BCUT2D eigenvalue weighted by molar-refractivity contribution is 7.74. The van der Waals surface area contributed by atoms with Gasteiger partial charge in [0.15, 0.2) is 17.7 Å². The third kappa shape index (κ3) is 11.9. The summed E-state index contributed by atoms with van der Waals surface area (Å²) in [5, 5.41) is 106. The number of phenolic OH excluding ortho intramolecular Hbond substituents is 1. The lowest BCUT2D eigenvalue weighted by atomic mass is 9.96. The molecule has 3 aliphatic rings. The van der Waals surface area contributed by atoms with E-state index in [1.807, 2.05) is 5.32 Å². The van der Waals surface area contributed by atoms with Gasteiger partial charge in [0.2, 0.25) is 41.4 Å². The predicted molar refractivity (Wildman–Crippen MR) is 207 cm³/mol. The van der Waals surface area contributed by atoms with Gasteiger partial charge in [0.05, 0.1) is 36.9 Å². The highest BCUT2D eigenvalue weighted by Crippen LogP contribution is 2.32. The average molecular weight is 921 g/mol. The maximum atomic E-state index is 14.3. The van der Waals surface area contributed by atoms with Crippen LogP contribution in [0, 0.1) is 5.92 Å². The van der Waals surface area contributed by atoms with Crippen LogP contribution in [0.25, 0.3) is 0 Å². The smallest absolute Gasteiger partial charge is 0.357 e. The van der Waals surface area contributed by atoms with Gasteiger partial charge in [-0.15, -0.1) is 0 Å². The minimum absolute atomic E-state index is 0.436. The summed E-state index contributed by atoms with van der Waals surface area (Å²) < 4.78 is 25.1. The zero-order valence-corrected chi connectivity index (χ0v) is 34.3. The van der Waals surface area contributed by atoms with Crippen molar-refractivity contribution in [3.8, 4) is 11.5 Å². The molecular weight excluding hydrogens is 868 g/mol. The Labute approximate surface area is 359 Å². The van der Waals surface area contributed by atoms with Gasteiger partial charge in [0, 0.05) is 31.8 Å². The zero-order chi connectivity index (χ0) is 47.4. The number of fused-ring (bicyclic) bond motifs is 2. The Morgan fingerprint density at radius 1 is 0.857 bits per heavy atom. The highest BCUT2D eigenvalue weighted by Gasteiger charge is 2.50. The van der Waals surface area contributed by atoms with Gasteiger partial charge in [-0.05, 0) is 24.6 Å². The molecule has 1 aromatic carbocycles. The van der Waals surface area contributed by atoms with Crippen molar-refractivity contribution >= 4 is 52.7 Å². The number of carbonyl (C=O) groups excluding carboxylic acids is 7. The number of carbonyl (C=O) groups is 7. The molecule has 352 valence electrons. The Bertz CT molecular complexity index is 1930. The van der Waals surface area contributed by atoms with Gasteiger partial charge < -0.3 is 92.7 Å². The molecular formula is C35H52N8O19S. The van der Waals surface area contributed by atoms with Gasteiger partial charge in [-0.3, -0.25) is 38.1 Å². The monoisotopic (exact) mass is 920 g/mol. The number of aliphatic hydroxyl groups excluding tert-OH is 8. The van der Waals surface area contributed by atoms with Crippen molar-refractivity contribution in [1.29, 1.82) is 0 Å². The van der Waals surface area contributed by atoms with E-state index in [1.165, 1.54) is 6.92 Å². The van der Waals surface area contributed by atoms with Gasteiger partial charge in [0.1, 0.15) is 48.5 Å². The molecule has 28 heteroatoms. The van der Waals surface area contributed by atoms with Crippen LogP contribution < -0.4 is 36.9 Å². The molecule has 3 aliphatic heterocycles. The number of aromatic hydroxyl groups is 1. The first-order valence-electron chi connectivity index (χ1n) is 19.3. The quantitative estimate of drug-likeness (QED) is 0.102. The number of benzene rings is 1. The third-order valence-corrected chi connectivity index (χ3v) is 11.1. The van der Waals surface area contributed by atoms with Crippen molar-refractivity contribution < 1.29 is 92.5 Å². The van der Waals surface area contributed by atoms with Gasteiger partial charge in [0.25, 0.3) is 0 Å². The second-order valence-corrected chi connectivity index (χ2v) is 16.2. The van der Waals surface area contributed by atoms with Crippen LogP contribution in [0.1, 0.15) is 44.8 Å². The molecule has 4 rings (SSSR count). The Morgan fingerprint density at radius 3 is 2.06 bits per heavy atom. The van der Waals surface area contributed by atoms with E-state index < -0.39 is 193 Å². The molecule has 16 unspecified atom stereocenters. The Kier molecular flexibility index (Phi) is 16.9. The van der Waals surface area contributed by atoms with E-state index in [9.17, 15) is 88.3 Å². The largest absolute Gasteiger partial charge is 0.504 e. The number of phenols is 1. The molecule has 1 aromatic rings. The number of nitrogens with zero attached hydrogens (tertiary/aromatic N) is 2. The van der Waals surface area contributed by atoms with Crippen molar-refractivity contribution in [2.45, 2.75) is 118 Å². The fourth-order valence-electron chi connectivity index (χ4n) is 7.37. The van der Waals surface area contributed by atoms with Crippen LogP contribution in [-0.2, 0) is 44.9 Å². The molecule has 27 nitrogen and oxygen atoms in total. The molecule has 16 atom stereocenters. The van der Waals surface area contributed by atoms with Crippen LogP contribution in [0.4, 0.5) is 0 Å². The second-order valence-electron chi connectivity index (χ2n) is 15.6. The number of hydrogen-bond donors (Lipinski definition) is 16. The summed E-state index contributed by atoms with van der Waals surface area (Å²) in [6.45, 7) is 1.34. The lowest BCUT2D eigenvalue weighted by Gasteiger charge is -2.34. The molecule has 3 fully saturated rings. The summed E-state index contributed by atoms with van der Waals surface area (Å²) in [7, 11) is 0. The number of amides is 7. The topological polar surface area (TPSA) is 455 Å². The Morgan fingerprint density at radius 2 is 1.46 bits per heavy atom. The number of aliphatic hydroxyl groups is 8. The summed E-state index contributed by atoms with van der Waals surface area (Å²) in [5.74, 6) is -11.7. The van der Waals surface area contributed by atoms with Crippen LogP contribution >= 0.6 is 0 Å². The van der Waals surface area contributed by atoms with E-state index in [1.54, 1.807) is 0 Å². The van der Waals surface area contributed by atoms with Crippen molar-refractivity contribution in [1.82, 2.24) is 31.1 Å². The third-order valence-electron chi connectivity index (χ3n) is 10.8. The fourth-order valence-corrected chi connectivity index (χ4v) is 7.66. The van der Waals surface area contributed by atoms with E-state index >= 15 is 0 Å². The van der Waals surface area contributed by atoms with Crippen LogP contribution in [0.5, 0.6) is 11.5 Å². The first kappa shape index (κ1) is 50.5. The summed E-state index contributed by atoms with van der Waals surface area (Å²) in [6.07, 6.45) is -18.7.